The van der Waals surface area contributed by atoms with E-state index in [0.717, 1.165) is 22.5 Å². The Morgan fingerprint density at radius 2 is 1.96 bits per heavy atom. The topological polar surface area (TPSA) is 82.2 Å². The summed E-state index contributed by atoms with van der Waals surface area (Å²) in [6, 6.07) is 11.0. The molecule has 0 radical (unpaired) electrons. The van der Waals surface area contributed by atoms with Gasteiger partial charge in [0.15, 0.2) is 5.82 Å². The third-order valence-corrected chi connectivity index (χ3v) is 4.66. The lowest BCUT2D eigenvalue weighted by Gasteiger charge is -2.17. The number of nitrogens with one attached hydrogen (secondary N) is 3. The molecule has 25 heavy (non-hydrogen) atoms. The Hall–Kier alpha value is -2.41. The molecule has 0 spiro atoms. The van der Waals surface area contributed by atoms with Crippen molar-refractivity contribution in [2.24, 2.45) is 4.99 Å². The molecule has 3 N–H and O–H groups in total. The van der Waals surface area contributed by atoms with Gasteiger partial charge in [-0.25, -0.2) is 10.1 Å². The summed E-state index contributed by atoms with van der Waals surface area (Å²) in [7, 11) is 0. The summed E-state index contributed by atoms with van der Waals surface area (Å²) in [5, 5.41) is 15.4. The van der Waals surface area contributed by atoms with E-state index in [0.29, 0.717) is 34.3 Å². The highest BCUT2D eigenvalue weighted by Gasteiger charge is 2.17. The van der Waals surface area contributed by atoms with Gasteiger partial charge in [0, 0.05) is 6.54 Å². The summed E-state index contributed by atoms with van der Waals surface area (Å²) < 4.78 is 0. The number of H-pyrrole nitrogens is 1. The number of amidine groups is 1. The number of halogens is 2. The number of aromatic amines is 1. The van der Waals surface area contributed by atoms with Crippen molar-refractivity contribution in [3.63, 3.8) is 0 Å². The Bertz CT molecular complexity index is 1060. The second-order valence-corrected chi connectivity index (χ2v) is 6.45. The highest BCUT2D eigenvalue weighted by Crippen LogP contribution is 2.32. The van der Waals surface area contributed by atoms with E-state index in [9.17, 15) is 4.79 Å². The van der Waals surface area contributed by atoms with Crippen LogP contribution in [0.3, 0.4) is 0 Å². The molecule has 126 valence electrons. The van der Waals surface area contributed by atoms with Crippen LogP contribution in [0.4, 0.5) is 11.5 Å². The number of benzene rings is 2. The maximum atomic E-state index is 11.9. The number of hydrogen-bond donors (Lipinski definition) is 3. The molecule has 0 unspecified atom stereocenters. The minimum atomic E-state index is -0.223. The van der Waals surface area contributed by atoms with Crippen LogP contribution in [0, 0.1) is 0 Å². The lowest BCUT2D eigenvalue weighted by molar-refractivity contribution is 0.775. The maximum Gasteiger partial charge on any atom is 0.272 e. The zero-order valence-corrected chi connectivity index (χ0v) is 14.4. The second kappa shape index (κ2) is 6.48. The molecule has 0 amide bonds. The summed E-state index contributed by atoms with van der Waals surface area (Å²) in [5.41, 5.74) is 1.53. The highest BCUT2D eigenvalue weighted by molar-refractivity contribution is 6.42. The van der Waals surface area contributed by atoms with Gasteiger partial charge in [0.05, 0.1) is 33.0 Å². The number of aromatic nitrogens is 2. The van der Waals surface area contributed by atoms with Crippen LogP contribution >= 0.6 is 23.2 Å². The monoisotopic (exact) mass is 373 g/mol. The van der Waals surface area contributed by atoms with Crippen LogP contribution in [0.1, 0.15) is 5.56 Å². The van der Waals surface area contributed by atoms with Crippen molar-refractivity contribution >= 4 is 51.3 Å². The fourth-order valence-electron chi connectivity index (χ4n) is 2.75. The van der Waals surface area contributed by atoms with Crippen molar-refractivity contribution in [2.75, 3.05) is 11.9 Å². The first kappa shape index (κ1) is 16.1. The Balaban J connectivity index is 1.52. The number of anilines is 1. The summed E-state index contributed by atoms with van der Waals surface area (Å²) in [6.45, 7) is 1.13. The van der Waals surface area contributed by atoms with E-state index >= 15 is 0 Å². The van der Waals surface area contributed by atoms with Gasteiger partial charge in [0.25, 0.3) is 5.56 Å². The van der Waals surface area contributed by atoms with Gasteiger partial charge in [-0.05, 0) is 29.8 Å². The molecule has 1 aromatic heterocycles. The molecule has 0 saturated heterocycles. The number of nitrogens with zero attached hydrogens (tertiary/aromatic N) is 2. The van der Waals surface area contributed by atoms with Crippen LogP contribution in [0.15, 0.2) is 46.2 Å². The fourth-order valence-corrected chi connectivity index (χ4v) is 3.07. The average molecular weight is 374 g/mol. The molecule has 3 aromatic rings. The minimum absolute atomic E-state index is 0.223. The molecule has 1 aliphatic heterocycles. The number of rotatable bonds is 4. The van der Waals surface area contributed by atoms with E-state index in [1.165, 1.54) is 0 Å². The van der Waals surface area contributed by atoms with Gasteiger partial charge in [-0.1, -0.05) is 35.3 Å². The van der Waals surface area contributed by atoms with E-state index in [1.54, 1.807) is 12.1 Å². The van der Waals surface area contributed by atoms with Crippen molar-refractivity contribution in [1.29, 1.82) is 0 Å². The van der Waals surface area contributed by atoms with Crippen molar-refractivity contribution in [3.05, 3.63) is 62.4 Å². The molecule has 0 atom stereocenters. The first-order valence-corrected chi connectivity index (χ1v) is 8.38. The molecular weight excluding hydrogens is 361 g/mol. The second-order valence-electron chi connectivity index (χ2n) is 5.64. The number of aliphatic imine (C=N–C) groups is 1. The summed E-state index contributed by atoms with van der Waals surface area (Å²) in [6.07, 6.45) is 0. The van der Waals surface area contributed by atoms with Gasteiger partial charge in [-0.15, -0.1) is 0 Å². The van der Waals surface area contributed by atoms with E-state index in [2.05, 4.69) is 25.8 Å². The van der Waals surface area contributed by atoms with E-state index in [1.807, 2.05) is 24.3 Å². The maximum absolute atomic E-state index is 11.9. The van der Waals surface area contributed by atoms with Crippen LogP contribution in [-0.2, 0) is 6.54 Å². The molecule has 2 heterocycles. The van der Waals surface area contributed by atoms with Crippen LogP contribution in [0.5, 0.6) is 0 Å². The zero-order valence-electron chi connectivity index (χ0n) is 12.9. The molecule has 4 rings (SSSR count). The number of hydrogen-bond acceptors (Lipinski definition) is 5. The van der Waals surface area contributed by atoms with Crippen molar-refractivity contribution in [2.45, 2.75) is 6.54 Å². The average Bonchev–Trinajstić information content (AvgIpc) is 2.61. The lowest BCUT2D eigenvalue weighted by atomic mass is 10.1. The van der Waals surface area contributed by atoms with Crippen LogP contribution < -0.4 is 16.2 Å². The summed E-state index contributed by atoms with van der Waals surface area (Å²) in [5.74, 6) is 1.33. The van der Waals surface area contributed by atoms with Gasteiger partial charge in [0.1, 0.15) is 5.84 Å². The Labute approximate surface area is 152 Å². The SMILES string of the molecule is O=c1[nH]nc2c3c(cccc13)N=C(CNCc1ccc(Cl)c(Cl)c1)N2. The molecule has 0 aliphatic carbocycles. The van der Waals surface area contributed by atoms with Gasteiger partial charge in [-0.2, -0.15) is 5.10 Å². The largest absolute Gasteiger partial charge is 0.325 e. The Kier molecular flexibility index (Phi) is 4.17. The Morgan fingerprint density at radius 1 is 1.08 bits per heavy atom. The van der Waals surface area contributed by atoms with Gasteiger partial charge < -0.3 is 10.6 Å². The predicted molar refractivity (Wildman–Crippen MR) is 101 cm³/mol. The van der Waals surface area contributed by atoms with E-state index < -0.39 is 0 Å². The molecule has 0 fully saturated rings. The van der Waals surface area contributed by atoms with Crippen LogP contribution in [0.25, 0.3) is 10.8 Å². The van der Waals surface area contributed by atoms with Crippen molar-refractivity contribution < 1.29 is 0 Å². The molecule has 0 saturated carbocycles. The molecular formula is C17H13Cl2N5O. The highest BCUT2D eigenvalue weighted by atomic mass is 35.5. The quantitative estimate of drug-likeness (QED) is 0.653. The molecule has 1 aliphatic rings. The standard InChI is InChI=1S/C17H13Cl2N5O/c18-11-5-4-9(6-12(11)19)7-20-8-14-21-13-3-1-2-10-15(13)16(22-14)23-24-17(10)25/h1-6,20H,7-8H2,(H,24,25)(H,21,22,23). The van der Waals surface area contributed by atoms with Gasteiger partial charge in [-0.3, -0.25) is 4.79 Å². The molecule has 8 heteroatoms. The fraction of sp³-hybridized carbons (Fsp3) is 0.118. The van der Waals surface area contributed by atoms with Gasteiger partial charge >= 0.3 is 0 Å². The third kappa shape index (κ3) is 3.11. The molecule has 2 aromatic carbocycles. The van der Waals surface area contributed by atoms with E-state index in [-0.39, 0.29) is 5.56 Å². The molecule has 0 bridgehead atoms. The first-order valence-electron chi connectivity index (χ1n) is 7.62. The van der Waals surface area contributed by atoms with Crippen LogP contribution in [0.2, 0.25) is 10.0 Å². The zero-order chi connectivity index (χ0) is 17.4. The first-order chi connectivity index (χ1) is 12.1. The molecule has 6 nitrogen and oxygen atoms in total. The third-order valence-electron chi connectivity index (χ3n) is 3.92. The summed E-state index contributed by atoms with van der Waals surface area (Å²) >= 11 is 11.9. The van der Waals surface area contributed by atoms with E-state index in [4.69, 9.17) is 23.2 Å². The van der Waals surface area contributed by atoms with Gasteiger partial charge in [0.2, 0.25) is 0 Å². The normalized spacial score (nSPS) is 12.8. The smallest absolute Gasteiger partial charge is 0.272 e. The van der Waals surface area contributed by atoms with Crippen molar-refractivity contribution in [1.82, 2.24) is 15.5 Å². The minimum Gasteiger partial charge on any atom is -0.325 e. The Morgan fingerprint density at radius 3 is 2.80 bits per heavy atom. The predicted octanol–water partition coefficient (Wildman–Crippen LogP) is 3.48. The van der Waals surface area contributed by atoms with Crippen molar-refractivity contribution in [3.8, 4) is 0 Å². The lowest BCUT2D eigenvalue weighted by Crippen LogP contribution is -2.30. The van der Waals surface area contributed by atoms with Crippen LogP contribution in [-0.4, -0.2) is 22.6 Å². The summed E-state index contributed by atoms with van der Waals surface area (Å²) in [4.78, 5) is 16.4.